The SMILES string of the molecule is C[C@H](N)Cc1ncc(Br)cn1. The molecule has 0 aliphatic rings. The van der Waals surface area contributed by atoms with Gasteiger partial charge in [0.2, 0.25) is 0 Å². The van der Waals surface area contributed by atoms with E-state index in [-0.39, 0.29) is 6.04 Å². The van der Waals surface area contributed by atoms with Crippen LogP contribution in [0.25, 0.3) is 0 Å². The first kappa shape index (κ1) is 8.62. The molecule has 0 saturated carbocycles. The van der Waals surface area contributed by atoms with Crippen LogP contribution >= 0.6 is 15.9 Å². The standard InChI is InChI=1S/C7H10BrN3/c1-5(9)2-7-10-3-6(8)4-11-7/h3-5H,2,9H2,1H3/t5-/m0/s1. The quantitative estimate of drug-likeness (QED) is 0.806. The smallest absolute Gasteiger partial charge is 0.129 e. The fourth-order valence-corrected chi connectivity index (χ4v) is 0.937. The van der Waals surface area contributed by atoms with Crippen molar-refractivity contribution in [3.8, 4) is 0 Å². The zero-order valence-electron chi connectivity index (χ0n) is 6.29. The van der Waals surface area contributed by atoms with Crippen LogP contribution in [0.4, 0.5) is 0 Å². The predicted octanol–water partition coefficient (Wildman–Crippen LogP) is 1.13. The van der Waals surface area contributed by atoms with Gasteiger partial charge in [-0.05, 0) is 22.9 Å². The van der Waals surface area contributed by atoms with E-state index in [9.17, 15) is 0 Å². The number of nitrogens with zero attached hydrogens (tertiary/aromatic N) is 2. The van der Waals surface area contributed by atoms with Gasteiger partial charge in [-0.15, -0.1) is 0 Å². The van der Waals surface area contributed by atoms with Crippen LogP contribution in [0.3, 0.4) is 0 Å². The third-order valence-corrected chi connectivity index (χ3v) is 1.59. The van der Waals surface area contributed by atoms with Gasteiger partial charge in [0.25, 0.3) is 0 Å². The summed E-state index contributed by atoms with van der Waals surface area (Å²) in [5.74, 6) is 0.795. The Morgan fingerprint density at radius 1 is 1.55 bits per heavy atom. The van der Waals surface area contributed by atoms with Gasteiger partial charge in [-0.1, -0.05) is 0 Å². The second-order valence-electron chi connectivity index (χ2n) is 2.50. The van der Waals surface area contributed by atoms with E-state index in [2.05, 4.69) is 25.9 Å². The third-order valence-electron chi connectivity index (χ3n) is 1.18. The average molecular weight is 216 g/mol. The van der Waals surface area contributed by atoms with Crippen molar-refractivity contribution >= 4 is 15.9 Å². The molecule has 0 aliphatic carbocycles. The van der Waals surface area contributed by atoms with Crippen LogP contribution in [-0.2, 0) is 6.42 Å². The fraction of sp³-hybridized carbons (Fsp3) is 0.429. The Morgan fingerprint density at radius 2 is 2.09 bits per heavy atom. The van der Waals surface area contributed by atoms with Gasteiger partial charge < -0.3 is 5.73 Å². The molecule has 2 N–H and O–H groups in total. The first-order valence-electron chi connectivity index (χ1n) is 3.40. The van der Waals surface area contributed by atoms with Crippen LogP contribution in [0.1, 0.15) is 12.7 Å². The van der Waals surface area contributed by atoms with Crippen molar-refractivity contribution < 1.29 is 0 Å². The number of rotatable bonds is 2. The van der Waals surface area contributed by atoms with E-state index in [0.29, 0.717) is 0 Å². The average Bonchev–Trinajstić information content (AvgIpc) is 1.93. The number of nitrogens with two attached hydrogens (primary N) is 1. The van der Waals surface area contributed by atoms with Crippen molar-refractivity contribution in [2.75, 3.05) is 0 Å². The van der Waals surface area contributed by atoms with Crippen LogP contribution in [0.2, 0.25) is 0 Å². The number of halogens is 1. The Kier molecular flexibility index (Phi) is 2.96. The predicted molar refractivity (Wildman–Crippen MR) is 47.1 cm³/mol. The molecule has 60 valence electrons. The highest BCUT2D eigenvalue weighted by Crippen LogP contribution is 2.04. The molecule has 0 amide bonds. The highest BCUT2D eigenvalue weighted by Gasteiger charge is 1.99. The highest BCUT2D eigenvalue weighted by atomic mass is 79.9. The van der Waals surface area contributed by atoms with Crippen molar-refractivity contribution in [1.82, 2.24) is 9.97 Å². The fourth-order valence-electron chi connectivity index (χ4n) is 0.732. The monoisotopic (exact) mass is 215 g/mol. The Bertz CT molecular complexity index is 220. The summed E-state index contributed by atoms with van der Waals surface area (Å²) in [5, 5.41) is 0. The Morgan fingerprint density at radius 3 is 2.55 bits per heavy atom. The van der Waals surface area contributed by atoms with E-state index >= 15 is 0 Å². The van der Waals surface area contributed by atoms with Crippen molar-refractivity contribution in [2.24, 2.45) is 5.73 Å². The first-order valence-corrected chi connectivity index (χ1v) is 4.20. The van der Waals surface area contributed by atoms with Crippen LogP contribution in [0.5, 0.6) is 0 Å². The van der Waals surface area contributed by atoms with Gasteiger partial charge in [-0.3, -0.25) is 0 Å². The molecule has 1 heterocycles. The van der Waals surface area contributed by atoms with Crippen LogP contribution in [-0.4, -0.2) is 16.0 Å². The largest absolute Gasteiger partial charge is 0.328 e. The van der Waals surface area contributed by atoms with E-state index in [0.717, 1.165) is 16.7 Å². The molecule has 0 fully saturated rings. The minimum atomic E-state index is 0.121. The maximum Gasteiger partial charge on any atom is 0.129 e. The summed E-state index contributed by atoms with van der Waals surface area (Å²) >= 11 is 3.26. The molecular weight excluding hydrogens is 206 g/mol. The lowest BCUT2D eigenvalue weighted by Gasteiger charge is -2.01. The van der Waals surface area contributed by atoms with Gasteiger partial charge in [0.1, 0.15) is 5.82 Å². The van der Waals surface area contributed by atoms with E-state index in [1.165, 1.54) is 0 Å². The molecule has 3 nitrogen and oxygen atoms in total. The molecule has 1 aromatic heterocycles. The summed E-state index contributed by atoms with van der Waals surface area (Å²) in [4.78, 5) is 8.16. The second-order valence-corrected chi connectivity index (χ2v) is 3.41. The second kappa shape index (κ2) is 3.78. The Labute approximate surface area is 74.2 Å². The molecule has 11 heavy (non-hydrogen) atoms. The Hall–Kier alpha value is -0.480. The van der Waals surface area contributed by atoms with Crippen LogP contribution < -0.4 is 5.73 Å². The summed E-state index contributed by atoms with van der Waals surface area (Å²) in [6, 6.07) is 0.121. The number of hydrogen-bond donors (Lipinski definition) is 1. The lowest BCUT2D eigenvalue weighted by atomic mass is 10.2. The molecule has 1 aromatic rings. The first-order chi connectivity index (χ1) is 5.18. The molecule has 1 rings (SSSR count). The molecule has 1 atom stereocenters. The molecule has 0 spiro atoms. The van der Waals surface area contributed by atoms with Gasteiger partial charge in [0.05, 0.1) is 4.47 Å². The third kappa shape index (κ3) is 2.95. The van der Waals surface area contributed by atoms with Gasteiger partial charge in [-0.2, -0.15) is 0 Å². The zero-order valence-corrected chi connectivity index (χ0v) is 7.87. The molecule has 0 saturated heterocycles. The van der Waals surface area contributed by atoms with Crippen LogP contribution in [0, 0.1) is 0 Å². The summed E-state index contributed by atoms with van der Waals surface area (Å²) in [5.41, 5.74) is 5.57. The minimum Gasteiger partial charge on any atom is -0.328 e. The molecule has 0 bridgehead atoms. The minimum absolute atomic E-state index is 0.121. The van der Waals surface area contributed by atoms with Crippen molar-refractivity contribution in [3.63, 3.8) is 0 Å². The number of aromatic nitrogens is 2. The summed E-state index contributed by atoms with van der Waals surface area (Å²) in [7, 11) is 0. The van der Waals surface area contributed by atoms with E-state index < -0.39 is 0 Å². The molecule has 0 radical (unpaired) electrons. The maximum absolute atomic E-state index is 5.57. The van der Waals surface area contributed by atoms with Gasteiger partial charge in [0, 0.05) is 24.9 Å². The lowest BCUT2D eigenvalue weighted by molar-refractivity contribution is 0.701. The Balaban J connectivity index is 2.66. The van der Waals surface area contributed by atoms with Crippen molar-refractivity contribution in [3.05, 3.63) is 22.7 Å². The molecular formula is C7H10BrN3. The summed E-state index contributed by atoms with van der Waals surface area (Å²) in [6.07, 6.45) is 4.18. The van der Waals surface area contributed by atoms with Crippen LogP contribution in [0.15, 0.2) is 16.9 Å². The summed E-state index contributed by atoms with van der Waals surface area (Å²) < 4.78 is 0.894. The van der Waals surface area contributed by atoms with Crippen molar-refractivity contribution in [1.29, 1.82) is 0 Å². The molecule has 0 aromatic carbocycles. The van der Waals surface area contributed by atoms with Crippen molar-refractivity contribution in [2.45, 2.75) is 19.4 Å². The molecule has 0 aliphatic heterocycles. The zero-order chi connectivity index (χ0) is 8.27. The lowest BCUT2D eigenvalue weighted by Crippen LogP contribution is -2.19. The molecule has 4 heteroatoms. The van der Waals surface area contributed by atoms with Gasteiger partial charge >= 0.3 is 0 Å². The van der Waals surface area contributed by atoms with Gasteiger partial charge in [0.15, 0.2) is 0 Å². The van der Waals surface area contributed by atoms with E-state index in [1.54, 1.807) is 12.4 Å². The van der Waals surface area contributed by atoms with E-state index in [1.807, 2.05) is 6.92 Å². The highest BCUT2D eigenvalue weighted by molar-refractivity contribution is 9.10. The number of hydrogen-bond acceptors (Lipinski definition) is 3. The summed E-state index contributed by atoms with van der Waals surface area (Å²) in [6.45, 7) is 1.94. The molecule has 0 unspecified atom stereocenters. The maximum atomic E-state index is 5.57. The topological polar surface area (TPSA) is 51.8 Å². The normalized spacial score (nSPS) is 13.0. The van der Waals surface area contributed by atoms with E-state index in [4.69, 9.17) is 5.73 Å². The van der Waals surface area contributed by atoms with Gasteiger partial charge in [-0.25, -0.2) is 9.97 Å².